The molecule has 23 heavy (non-hydrogen) atoms. The van der Waals surface area contributed by atoms with Crippen molar-refractivity contribution in [3.8, 4) is 0 Å². The zero-order chi connectivity index (χ0) is 16.3. The lowest BCUT2D eigenvalue weighted by atomic mass is 10.1. The van der Waals surface area contributed by atoms with Crippen molar-refractivity contribution >= 4 is 0 Å². The van der Waals surface area contributed by atoms with E-state index in [2.05, 4.69) is 46.3 Å². The second-order valence-corrected chi connectivity index (χ2v) is 6.49. The number of nitrogens with one attached hydrogen (secondary N) is 1. The monoisotopic (exact) mass is 319 g/mol. The number of likely N-dealkylation sites (N-methyl/N-ethyl adjacent to an activating group) is 1. The first-order valence-electron chi connectivity index (χ1n) is 9.16. The highest BCUT2D eigenvalue weighted by Gasteiger charge is 2.15. The Morgan fingerprint density at radius 3 is 2.22 bits per heavy atom. The first-order chi connectivity index (χ1) is 11.3. The lowest BCUT2D eigenvalue weighted by Gasteiger charge is -2.34. The number of benzene rings is 1. The first kappa shape index (κ1) is 18.4. The second kappa shape index (κ2) is 10.8. The molecule has 0 saturated carbocycles. The molecular formula is C19H33N3O. The summed E-state index contributed by atoms with van der Waals surface area (Å²) in [6, 6.07) is 9.04. The van der Waals surface area contributed by atoms with Crippen molar-refractivity contribution in [1.29, 1.82) is 0 Å². The molecule has 2 rings (SSSR count). The number of rotatable bonds is 10. The molecule has 130 valence electrons. The average molecular weight is 319 g/mol. The van der Waals surface area contributed by atoms with E-state index in [-0.39, 0.29) is 0 Å². The predicted molar refractivity (Wildman–Crippen MR) is 96.5 cm³/mol. The van der Waals surface area contributed by atoms with Gasteiger partial charge in [-0.2, -0.15) is 0 Å². The summed E-state index contributed by atoms with van der Waals surface area (Å²) >= 11 is 0. The number of hydrogen-bond acceptors (Lipinski definition) is 4. The lowest BCUT2D eigenvalue weighted by molar-refractivity contribution is 0.132. The summed E-state index contributed by atoms with van der Waals surface area (Å²) < 4.78 is 0. The number of hydrogen-bond donors (Lipinski definition) is 2. The Bertz CT molecular complexity index is 413. The molecule has 0 bridgehead atoms. The van der Waals surface area contributed by atoms with Gasteiger partial charge in [-0.3, -0.25) is 4.90 Å². The molecular weight excluding hydrogens is 286 g/mol. The van der Waals surface area contributed by atoms with Crippen molar-refractivity contribution in [2.24, 2.45) is 0 Å². The summed E-state index contributed by atoms with van der Waals surface area (Å²) in [7, 11) is 0. The molecule has 0 aliphatic carbocycles. The molecule has 0 unspecified atom stereocenters. The highest BCUT2D eigenvalue weighted by atomic mass is 16.2. The minimum atomic E-state index is 0.314. The van der Waals surface area contributed by atoms with Gasteiger partial charge < -0.3 is 15.3 Å². The van der Waals surface area contributed by atoms with Gasteiger partial charge >= 0.3 is 0 Å². The number of aliphatic hydroxyl groups is 1. The zero-order valence-electron chi connectivity index (χ0n) is 14.6. The molecule has 4 nitrogen and oxygen atoms in total. The van der Waals surface area contributed by atoms with Crippen molar-refractivity contribution in [3.05, 3.63) is 35.4 Å². The number of aliphatic hydroxyl groups excluding tert-OH is 1. The Kier molecular flexibility index (Phi) is 8.61. The minimum Gasteiger partial charge on any atom is -0.396 e. The Hall–Kier alpha value is -0.940. The normalized spacial score (nSPS) is 16.8. The van der Waals surface area contributed by atoms with Gasteiger partial charge in [0.2, 0.25) is 0 Å². The molecule has 1 aliphatic heterocycles. The van der Waals surface area contributed by atoms with E-state index in [1.807, 2.05) is 0 Å². The largest absolute Gasteiger partial charge is 0.396 e. The number of piperazine rings is 1. The summed E-state index contributed by atoms with van der Waals surface area (Å²) in [6.07, 6.45) is 3.17. The van der Waals surface area contributed by atoms with Crippen LogP contribution in [0.4, 0.5) is 0 Å². The Morgan fingerprint density at radius 2 is 1.57 bits per heavy atom. The molecule has 0 radical (unpaired) electrons. The van der Waals surface area contributed by atoms with Crippen molar-refractivity contribution < 1.29 is 5.11 Å². The third-order valence-corrected chi connectivity index (χ3v) is 4.68. The molecule has 1 fully saturated rings. The summed E-state index contributed by atoms with van der Waals surface area (Å²) in [5, 5.41) is 12.2. The van der Waals surface area contributed by atoms with Gasteiger partial charge in [0, 0.05) is 45.9 Å². The summed E-state index contributed by atoms with van der Waals surface area (Å²) in [4.78, 5) is 5.08. The molecule has 0 amide bonds. The highest BCUT2D eigenvalue weighted by molar-refractivity contribution is 5.22. The summed E-state index contributed by atoms with van der Waals surface area (Å²) in [6.45, 7) is 11.6. The van der Waals surface area contributed by atoms with Crippen LogP contribution in [0, 0.1) is 0 Å². The van der Waals surface area contributed by atoms with Crippen LogP contribution in [0.15, 0.2) is 24.3 Å². The number of unbranched alkanes of at least 4 members (excludes halogenated alkanes) is 2. The van der Waals surface area contributed by atoms with E-state index in [0.29, 0.717) is 6.61 Å². The van der Waals surface area contributed by atoms with Gasteiger partial charge in [0.25, 0.3) is 0 Å². The molecule has 1 saturated heterocycles. The smallest absolute Gasteiger partial charge is 0.0431 e. The fourth-order valence-electron chi connectivity index (χ4n) is 3.06. The van der Waals surface area contributed by atoms with Crippen LogP contribution < -0.4 is 5.32 Å². The molecule has 1 heterocycles. The quantitative estimate of drug-likeness (QED) is 0.648. The third kappa shape index (κ3) is 7.00. The van der Waals surface area contributed by atoms with E-state index in [1.54, 1.807) is 0 Å². The fourth-order valence-corrected chi connectivity index (χ4v) is 3.06. The van der Waals surface area contributed by atoms with Crippen LogP contribution in [-0.4, -0.2) is 60.8 Å². The van der Waals surface area contributed by atoms with Gasteiger partial charge in [-0.05, 0) is 43.5 Å². The van der Waals surface area contributed by atoms with Crippen LogP contribution in [0.1, 0.15) is 37.3 Å². The lowest BCUT2D eigenvalue weighted by Crippen LogP contribution is -2.45. The second-order valence-electron chi connectivity index (χ2n) is 6.49. The van der Waals surface area contributed by atoms with Crippen molar-refractivity contribution in [1.82, 2.24) is 15.1 Å². The first-order valence-corrected chi connectivity index (χ1v) is 9.16. The topological polar surface area (TPSA) is 38.7 Å². The van der Waals surface area contributed by atoms with Crippen LogP contribution >= 0.6 is 0 Å². The van der Waals surface area contributed by atoms with Crippen molar-refractivity contribution in [2.45, 2.75) is 39.3 Å². The van der Waals surface area contributed by atoms with Crippen LogP contribution in [0.25, 0.3) is 0 Å². The molecule has 1 aromatic rings. The third-order valence-electron chi connectivity index (χ3n) is 4.68. The van der Waals surface area contributed by atoms with E-state index in [1.165, 1.54) is 43.9 Å². The van der Waals surface area contributed by atoms with E-state index in [4.69, 9.17) is 5.11 Å². The standard InChI is InChI=1S/C19H33N3O/c1-2-21-11-13-22(14-12-21)17-19-8-6-18(7-9-19)16-20-10-4-3-5-15-23/h6-9,20,23H,2-5,10-17H2,1H3. The maximum Gasteiger partial charge on any atom is 0.0431 e. The fraction of sp³-hybridized carbons (Fsp3) is 0.684. The average Bonchev–Trinajstić information content (AvgIpc) is 2.60. The maximum atomic E-state index is 8.74. The van der Waals surface area contributed by atoms with E-state index < -0.39 is 0 Å². The molecule has 2 N–H and O–H groups in total. The maximum absolute atomic E-state index is 8.74. The molecule has 1 aromatic carbocycles. The van der Waals surface area contributed by atoms with E-state index in [9.17, 15) is 0 Å². The van der Waals surface area contributed by atoms with Crippen LogP contribution in [0.5, 0.6) is 0 Å². The minimum absolute atomic E-state index is 0.314. The van der Waals surface area contributed by atoms with Gasteiger partial charge in [0.1, 0.15) is 0 Å². The van der Waals surface area contributed by atoms with Crippen molar-refractivity contribution in [2.75, 3.05) is 45.9 Å². The number of nitrogens with zero attached hydrogens (tertiary/aromatic N) is 2. The van der Waals surface area contributed by atoms with Gasteiger partial charge in [-0.25, -0.2) is 0 Å². The Labute approximate surface area is 141 Å². The summed E-state index contributed by atoms with van der Waals surface area (Å²) in [5.74, 6) is 0. The van der Waals surface area contributed by atoms with Gasteiger partial charge in [-0.15, -0.1) is 0 Å². The van der Waals surface area contributed by atoms with Crippen molar-refractivity contribution in [3.63, 3.8) is 0 Å². The molecule has 0 aromatic heterocycles. The highest BCUT2D eigenvalue weighted by Crippen LogP contribution is 2.10. The Balaban J connectivity index is 1.64. The van der Waals surface area contributed by atoms with Gasteiger partial charge in [-0.1, -0.05) is 31.2 Å². The van der Waals surface area contributed by atoms with E-state index >= 15 is 0 Å². The van der Waals surface area contributed by atoms with E-state index in [0.717, 1.165) is 38.9 Å². The Morgan fingerprint density at radius 1 is 0.913 bits per heavy atom. The molecule has 1 aliphatic rings. The zero-order valence-corrected chi connectivity index (χ0v) is 14.6. The molecule has 0 spiro atoms. The van der Waals surface area contributed by atoms with Gasteiger partial charge in [0.05, 0.1) is 0 Å². The van der Waals surface area contributed by atoms with Crippen LogP contribution in [-0.2, 0) is 13.1 Å². The van der Waals surface area contributed by atoms with Gasteiger partial charge in [0.15, 0.2) is 0 Å². The SMILES string of the molecule is CCN1CCN(Cc2ccc(CNCCCCCO)cc2)CC1. The predicted octanol–water partition coefficient (Wildman–Crippen LogP) is 2.08. The van der Waals surface area contributed by atoms with Crippen LogP contribution in [0.3, 0.4) is 0 Å². The molecule has 0 atom stereocenters. The molecule has 4 heteroatoms. The summed E-state index contributed by atoms with van der Waals surface area (Å²) in [5.41, 5.74) is 2.77. The van der Waals surface area contributed by atoms with Crippen LogP contribution in [0.2, 0.25) is 0 Å².